The van der Waals surface area contributed by atoms with Crippen molar-refractivity contribution in [1.82, 2.24) is 5.32 Å². The summed E-state index contributed by atoms with van der Waals surface area (Å²) in [4.78, 5) is 0. The minimum absolute atomic E-state index is 0.284. The van der Waals surface area contributed by atoms with Crippen LogP contribution in [0.4, 0.5) is 0 Å². The number of halogens is 2. The molecule has 1 aliphatic rings. The van der Waals surface area contributed by atoms with Crippen LogP contribution in [0.25, 0.3) is 0 Å². The van der Waals surface area contributed by atoms with Crippen molar-refractivity contribution in [3.8, 4) is 6.07 Å². The molecule has 0 bridgehead atoms. The molecule has 0 amide bonds. The van der Waals surface area contributed by atoms with E-state index < -0.39 is 0 Å². The molecule has 0 aromatic heterocycles. The van der Waals surface area contributed by atoms with Crippen LogP contribution in [0.2, 0.25) is 5.02 Å². The zero-order chi connectivity index (χ0) is 11.5. The third-order valence-corrected chi connectivity index (χ3v) is 3.66. The zero-order valence-electron chi connectivity index (χ0n) is 8.71. The lowest BCUT2D eigenvalue weighted by Crippen LogP contribution is -2.22. The van der Waals surface area contributed by atoms with E-state index in [1.165, 1.54) is 12.8 Å². The molecule has 0 heterocycles. The van der Waals surface area contributed by atoms with Gasteiger partial charge in [0.25, 0.3) is 0 Å². The van der Waals surface area contributed by atoms with Gasteiger partial charge in [0.05, 0.1) is 6.07 Å². The fourth-order valence-electron chi connectivity index (χ4n) is 1.57. The standard InChI is InChI=1S/C12H12BrClN2/c13-11-4-3-9(14)5-10(11)12(6-15)16-7-8-1-2-8/h3-5,8,12,16H,1-2,7H2. The molecule has 0 radical (unpaired) electrons. The van der Waals surface area contributed by atoms with Gasteiger partial charge in [-0.15, -0.1) is 0 Å². The van der Waals surface area contributed by atoms with E-state index in [9.17, 15) is 0 Å². The Morgan fingerprint density at radius 2 is 2.31 bits per heavy atom. The number of nitrogens with zero attached hydrogens (tertiary/aromatic N) is 1. The Labute approximate surface area is 109 Å². The van der Waals surface area contributed by atoms with Crippen LogP contribution in [0.1, 0.15) is 24.4 Å². The van der Waals surface area contributed by atoms with Gasteiger partial charge in [0.1, 0.15) is 6.04 Å². The first-order valence-corrected chi connectivity index (χ1v) is 6.45. The maximum atomic E-state index is 9.15. The molecular formula is C12H12BrClN2. The van der Waals surface area contributed by atoms with E-state index in [0.717, 1.165) is 22.5 Å². The second-order valence-electron chi connectivity index (χ2n) is 4.08. The fourth-order valence-corrected chi connectivity index (χ4v) is 2.22. The van der Waals surface area contributed by atoms with Crippen LogP contribution in [0.3, 0.4) is 0 Å². The van der Waals surface area contributed by atoms with Crippen LogP contribution >= 0.6 is 27.5 Å². The minimum Gasteiger partial charge on any atom is -0.298 e. The lowest BCUT2D eigenvalue weighted by Gasteiger charge is -2.13. The number of nitriles is 1. The van der Waals surface area contributed by atoms with E-state index in [-0.39, 0.29) is 6.04 Å². The molecule has 1 fully saturated rings. The second kappa shape index (κ2) is 5.18. The Kier molecular flexibility index (Phi) is 3.86. The average molecular weight is 300 g/mol. The number of hydrogen-bond acceptors (Lipinski definition) is 2. The summed E-state index contributed by atoms with van der Waals surface area (Å²) in [5.41, 5.74) is 0.913. The van der Waals surface area contributed by atoms with Crippen molar-refractivity contribution in [2.75, 3.05) is 6.54 Å². The van der Waals surface area contributed by atoms with Crippen molar-refractivity contribution in [1.29, 1.82) is 5.26 Å². The van der Waals surface area contributed by atoms with Gasteiger partial charge in [-0.3, -0.25) is 5.32 Å². The first-order chi connectivity index (χ1) is 7.70. The summed E-state index contributed by atoms with van der Waals surface area (Å²) in [6.07, 6.45) is 2.56. The van der Waals surface area contributed by atoms with Gasteiger partial charge < -0.3 is 0 Å². The Hall–Kier alpha value is -0.560. The average Bonchev–Trinajstić information content (AvgIpc) is 3.07. The van der Waals surface area contributed by atoms with E-state index in [0.29, 0.717) is 5.02 Å². The highest BCUT2D eigenvalue weighted by Gasteiger charge is 2.23. The highest BCUT2D eigenvalue weighted by Crippen LogP contribution is 2.30. The Morgan fingerprint density at radius 3 is 2.94 bits per heavy atom. The summed E-state index contributed by atoms with van der Waals surface area (Å²) in [5, 5.41) is 13.1. The van der Waals surface area contributed by atoms with E-state index in [1.54, 1.807) is 0 Å². The van der Waals surface area contributed by atoms with E-state index in [4.69, 9.17) is 16.9 Å². The summed E-state index contributed by atoms with van der Waals surface area (Å²) in [6, 6.07) is 7.50. The van der Waals surface area contributed by atoms with Crippen LogP contribution in [-0.4, -0.2) is 6.54 Å². The molecule has 2 nitrogen and oxygen atoms in total. The second-order valence-corrected chi connectivity index (χ2v) is 5.37. The van der Waals surface area contributed by atoms with E-state index >= 15 is 0 Å². The monoisotopic (exact) mass is 298 g/mol. The number of benzene rings is 1. The summed E-state index contributed by atoms with van der Waals surface area (Å²) in [5.74, 6) is 0.758. The molecule has 0 saturated heterocycles. The first-order valence-electron chi connectivity index (χ1n) is 5.28. The molecule has 1 aliphatic carbocycles. The molecule has 16 heavy (non-hydrogen) atoms. The predicted octanol–water partition coefficient (Wildman–Crippen LogP) is 3.67. The van der Waals surface area contributed by atoms with Gasteiger partial charge in [0.2, 0.25) is 0 Å². The third kappa shape index (κ3) is 2.98. The van der Waals surface area contributed by atoms with Gasteiger partial charge in [-0.25, -0.2) is 0 Å². The number of nitrogens with one attached hydrogen (secondary N) is 1. The molecule has 1 N–H and O–H groups in total. The maximum Gasteiger partial charge on any atom is 0.122 e. The van der Waals surface area contributed by atoms with Crippen molar-refractivity contribution >= 4 is 27.5 Å². The lowest BCUT2D eigenvalue weighted by atomic mass is 10.1. The number of hydrogen-bond donors (Lipinski definition) is 1. The van der Waals surface area contributed by atoms with Crippen LogP contribution in [0.15, 0.2) is 22.7 Å². The normalized spacial score (nSPS) is 16.8. The zero-order valence-corrected chi connectivity index (χ0v) is 11.1. The predicted molar refractivity (Wildman–Crippen MR) is 68.2 cm³/mol. The molecule has 0 spiro atoms. The Bertz CT molecular complexity index is 424. The van der Waals surface area contributed by atoms with Gasteiger partial charge >= 0.3 is 0 Å². The first kappa shape index (κ1) is 11.9. The van der Waals surface area contributed by atoms with Crippen LogP contribution in [-0.2, 0) is 0 Å². The third-order valence-electron chi connectivity index (χ3n) is 2.71. The smallest absolute Gasteiger partial charge is 0.122 e. The quantitative estimate of drug-likeness (QED) is 0.921. The fraction of sp³-hybridized carbons (Fsp3) is 0.417. The summed E-state index contributed by atoms with van der Waals surface area (Å²) in [6.45, 7) is 0.914. The van der Waals surface area contributed by atoms with Crippen LogP contribution in [0.5, 0.6) is 0 Å². The molecular weight excluding hydrogens is 288 g/mol. The summed E-state index contributed by atoms with van der Waals surface area (Å²) in [7, 11) is 0. The lowest BCUT2D eigenvalue weighted by molar-refractivity contribution is 0.591. The van der Waals surface area contributed by atoms with Crippen LogP contribution < -0.4 is 5.32 Å². The molecule has 1 aromatic carbocycles. The Balaban J connectivity index is 2.11. The van der Waals surface area contributed by atoms with Crippen molar-refractivity contribution in [2.24, 2.45) is 5.92 Å². The Morgan fingerprint density at radius 1 is 1.56 bits per heavy atom. The molecule has 4 heteroatoms. The number of rotatable bonds is 4. The SMILES string of the molecule is N#CC(NCC1CC1)c1cc(Cl)ccc1Br. The molecule has 1 atom stereocenters. The molecule has 1 unspecified atom stereocenters. The molecule has 1 aromatic rings. The van der Waals surface area contributed by atoms with Gasteiger partial charge in [-0.2, -0.15) is 5.26 Å². The highest BCUT2D eigenvalue weighted by molar-refractivity contribution is 9.10. The van der Waals surface area contributed by atoms with Crippen molar-refractivity contribution in [3.05, 3.63) is 33.3 Å². The maximum absolute atomic E-state index is 9.15. The topological polar surface area (TPSA) is 35.8 Å². The summed E-state index contributed by atoms with van der Waals surface area (Å²) < 4.78 is 0.923. The largest absolute Gasteiger partial charge is 0.298 e. The van der Waals surface area contributed by atoms with Gasteiger partial charge in [0, 0.05) is 9.50 Å². The van der Waals surface area contributed by atoms with Crippen molar-refractivity contribution < 1.29 is 0 Å². The molecule has 2 rings (SSSR count). The molecule has 1 saturated carbocycles. The van der Waals surface area contributed by atoms with E-state index in [1.807, 2.05) is 18.2 Å². The minimum atomic E-state index is -0.284. The van der Waals surface area contributed by atoms with Crippen LogP contribution in [0, 0.1) is 17.2 Å². The molecule has 0 aliphatic heterocycles. The van der Waals surface area contributed by atoms with Crippen molar-refractivity contribution in [2.45, 2.75) is 18.9 Å². The van der Waals surface area contributed by atoms with Gasteiger partial charge in [-0.05, 0) is 49.1 Å². The van der Waals surface area contributed by atoms with Gasteiger partial charge in [-0.1, -0.05) is 27.5 Å². The summed E-state index contributed by atoms with van der Waals surface area (Å²) >= 11 is 9.38. The molecule has 84 valence electrons. The van der Waals surface area contributed by atoms with E-state index in [2.05, 4.69) is 27.3 Å². The van der Waals surface area contributed by atoms with Gasteiger partial charge in [0.15, 0.2) is 0 Å². The highest BCUT2D eigenvalue weighted by atomic mass is 79.9. The van der Waals surface area contributed by atoms with Crippen molar-refractivity contribution in [3.63, 3.8) is 0 Å².